The van der Waals surface area contributed by atoms with Crippen LogP contribution in [0.3, 0.4) is 0 Å². The summed E-state index contributed by atoms with van der Waals surface area (Å²) in [6.45, 7) is 4.35. The van der Waals surface area contributed by atoms with Crippen LogP contribution in [0.15, 0.2) is 42.6 Å². The van der Waals surface area contributed by atoms with Crippen molar-refractivity contribution >= 4 is 17.2 Å². The summed E-state index contributed by atoms with van der Waals surface area (Å²) in [5.41, 5.74) is 0.377. The van der Waals surface area contributed by atoms with Crippen LogP contribution in [-0.4, -0.2) is 34.4 Å². The van der Waals surface area contributed by atoms with E-state index in [1.807, 2.05) is 18.7 Å². The lowest BCUT2D eigenvalue weighted by Crippen LogP contribution is -2.48. The quantitative estimate of drug-likeness (QED) is 0.487. The fourth-order valence-corrected chi connectivity index (χ4v) is 2.75. The number of ether oxygens (including phenoxy) is 1. The van der Waals surface area contributed by atoms with Gasteiger partial charge in [0.1, 0.15) is 17.0 Å². The number of rotatable bonds is 4. The lowest BCUT2D eigenvalue weighted by molar-refractivity contribution is -0.384. The van der Waals surface area contributed by atoms with Crippen LogP contribution in [0.5, 0.6) is 5.75 Å². The van der Waals surface area contributed by atoms with Crippen LogP contribution in [0.1, 0.15) is 24.3 Å². The number of nitro benzene ring substituents is 1. The van der Waals surface area contributed by atoms with Crippen LogP contribution in [0.2, 0.25) is 0 Å². The Kier molecular flexibility index (Phi) is 3.92. The maximum atomic E-state index is 12.5. The number of hydrogen-bond donors (Lipinski definition) is 0. The van der Waals surface area contributed by atoms with Crippen molar-refractivity contribution in [3.8, 4) is 5.75 Å². The highest BCUT2D eigenvalue weighted by Gasteiger charge is 2.33. The minimum Gasteiger partial charge on any atom is -0.484 e. The second kappa shape index (κ2) is 5.92. The number of hydrogen-bond acceptors (Lipinski definition) is 6. The molecule has 2 aromatic rings. The molecule has 1 aromatic heterocycles. The summed E-state index contributed by atoms with van der Waals surface area (Å²) in [5, 5.41) is 11.0. The molecular formula is C17H17N3O4. The van der Waals surface area contributed by atoms with E-state index in [9.17, 15) is 14.9 Å². The number of Topliss-reactive ketones (excluding diaryl/α,β-unsaturated/α-hetero) is 1. The van der Waals surface area contributed by atoms with Crippen molar-refractivity contribution < 1.29 is 14.5 Å². The molecule has 24 heavy (non-hydrogen) atoms. The molecule has 7 heteroatoms. The van der Waals surface area contributed by atoms with Crippen molar-refractivity contribution in [1.82, 2.24) is 4.98 Å². The standard InChI is InChI=1S/C17H17N3O4/c1-17(2)11-19(10-15(21)13-5-3-4-8-18-13)14-9-12(20(22)23)6-7-16(14)24-17/h3-9H,10-11H2,1-2H3. The first-order valence-corrected chi connectivity index (χ1v) is 7.52. The smallest absolute Gasteiger partial charge is 0.271 e. The average Bonchev–Trinajstić information content (AvgIpc) is 2.54. The molecule has 2 heterocycles. The maximum Gasteiger partial charge on any atom is 0.271 e. The summed E-state index contributed by atoms with van der Waals surface area (Å²) in [4.78, 5) is 28.9. The monoisotopic (exact) mass is 327 g/mol. The van der Waals surface area contributed by atoms with Crippen molar-refractivity contribution in [2.45, 2.75) is 19.4 Å². The molecule has 1 aromatic carbocycles. The SMILES string of the molecule is CC1(C)CN(CC(=O)c2ccccn2)c2cc([N+](=O)[O-])ccc2O1. The number of carbonyl (C=O) groups is 1. The molecule has 0 N–H and O–H groups in total. The van der Waals surface area contributed by atoms with Crippen LogP contribution in [-0.2, 0) is 0 Å². The minimum absolute atomic E-state index is 0.0349. The molecule has 1 aliphatic heterocycles. The van der Waals surface area contributed by atoms with E-state index in [2.05, 4.69) is 4.98 Å². The Morgan fingerprint density at radius 2 is 2.17 bits per heavy atom. The van der Waals surface area contributed by atoms with Gasteiger partial charge in [-0.15, -0.1) is 0 Å². The average molecular weight is 327 g/mol. The number of pyridine rings is 1. The van der Waals surface area contributed by atoms with Gasteiger partial charge in [-0.25, -0.2) is 0 Å². The number of anilines is 1. The van der Waals surface area contributed by atoms with Gasteiger partial charge >= 0.3 is 0 Å². The third-order valence-corrected chi connectivity index (χ3v) is 3.74. The summed E-state index contributed by atoms with van der Waals surface area (Å²) >= 11 is 0. The molecule has 0 aliphatic carbocycles. The van der Waals surface area contributed by atoms with Gasteiger partial charge in [0.2, 0.25) is 0 Å². The molecule has 0 saturated heterocycles. The van der Waals surface area contributed by atoms with Gasteiger partial charge in [-0.3, -0.25) is 19.9 Å². The summed E-state index contributed by atoms with van der Waals surface area (Å²) in [5.74, 6) is 0.386. The molecule has 0 bridgehead atoms. The zero-order valence-corrected chi connectivity index (χ0v) is 13.4. The van der Waals surface area contributed by atoms with Gasteiger partial charge in [-0.2, -0.15) is 0 Å². The van der Waals surface area contributed by atoms with Crippen LogP contribution in [0.4, 0.5) is 11.4 Å². The van der Waals surface area contributed by atoms with E-state index in [1.165, 1.54) is 12.1 Å². The molecule has 0 fully saturated rings. The molecule has 0 saturated carbocycles. The number of carbonyl (C=O) groups excluding carboxylic acids is 1. The number of ketones is 1. The first-order valence-electron chi connectivity index (χ1n) is 7.52. The highest BCUT2D eigenvalue weighted by atomic mass is 16.6. The lowest BCUT2D eigenvalue weighted by atomic mass is 10.0. The highest BCUT2D eigenvalue weighted by Crippen LogP contribution is 2.39. The number of nitro groups is 1. The predicted molar refractivity (Wildman–Crippen MR) is 88.6 cm³/mol. The molecule has 7 nitrogen and oxygen atoms in total. The minimum atomic E-state index is -0.506. The van der Waals surface area contributed by atoms with Crippen LogP contribution < -0.4 is 9.64 Å². The summed E-state index contributed by atoms with van der Waals surface area (Å²) in [7, 11) is 0. The predicted octanol–water partition coefficient (Wildman–Crippen LogP) is 2.85. The zero-order chi connectivity index (χ0) is 17.3. The van der Waals surface area contributed by atoms with E-state index < -0.39 is 10.5 Å². The fourth-order valence-electron chi connectivity index (χ4n) is 2.75. The molecule has 0 unspecified atom stereocenters. The highest BCUT2D eigenvalue weighted by molar-refractivity contribution is 5.97. The molecule has 124 valence electrons. The Hall–Kier alpha value is -2.96. The van der Waals surface area contributed by atoms with Crippen molar-refractivity contribution in [1.29, 1.82) is 0 Å². The second-order valence-electron chi connectivity index (χ2n) is 6.27. The van der Waals surface area contributed by atoms with Gasteiger partial charge in [0.05, 0.1) is 23.7 Å². The Balaban J connectivity index is 1.94. The van der Waals surface area contributed by atoms with Gasteiger partial charge in [0.15, 0.2) is 5.78 Å². The molecule has 0 radical (unpaired) electrons. The van der Waals surface area contributed by atoms with Crippen LogP contribution in [0.25, 0.3) is 0 Å². The molecule has 0 amide bonds. The van der Waals surface area contributed by atoms with Crippen LogP contribution >= 0.6 is 0 Å². The van der Waals surface area contributed by atoms with Gasteiger partial charge in [-0.1, -0.05) is 6.07 Å². The largest absolute Gasteiger partial charge is 0.484 e. The molecule has 0 atom stereocenters. The number of fused-ring (bicyclic) bond motifs is 1. The number of nitrogens with zero attached hydrogens (tertiary/aromatic N) is 3. The third-order valence-electron chi connectivity index (χ3n) is 3.74. The van der Waals surface area contributed by atoms with E-state index in [4.69, 9.17) is 4.74 Å². The first kappa shape index (κ1) is 15.9. The Labute approximate surface area is 139 Å². The molecular weight excluding hydrogens is 310 g/mol. The van der Waals surface area contributed by atoms with Crippen molar-refractivity contribution in [3.05, 3.63) is 58.4 Å². The zero-order valence-electron chi connectivity index (χ0n) is 13.4. The van der Waals surface area contributed by atoms with Gasteiger partial charge in [-0.05, 0) is 32.0 Å². The maximum absolute atomic E-state index is 12.5. The first-order chi connectivity index (χ1) is 11.4. The lowest BCUT2D eigenvalue weighted by Gasteiger charge is -2.40. The molecule has 0 spiro atoms. The number of benzene rings is 1. The van der Waals surface area contributed by atoms with Gasteiger partial charge in [0.25, 0.3) is 5.69 Å². The summed E-state index contributed by atoms with van der Waals surface area (Å²) < 4.78 is 5.88. The van der Waals surface area contributed by atoms with Crippen molar-refractivity contribution in [2.75, 3.05) is 18.0 Å². The van der Waals surface area contributed by atoms with Crippen molar-refractivity contribution in [2.24, 2.45) is 0 Å². The Bertz CT molecular complexity index is 790. The van der Waals surface area contributed by atoms with Crippen LogP contribution in [0, 0.1) is 10.1 Å². The topological polar surface area (TPSA) is 85.6 Å². The van der Waals surface area contributed by atoms with E-state index in [-0.39, 0.29) is 18.0 Å². The number of aromatic nitrogens is 1. The molecule has 3 rings (SSSR count). The third kappa shape index (κ3) is 3.19. The Morgan fingerprint density at radius 3 is 2.83 bits per heavy atom. The van der Waals surface area contributed by atoms with E-state index >= 15 is 0 Å². The van der Waals surface area contributed by atoms with E-state index in [1.54, 1.807) is 30.5 Å². The second-order valence-corrected chi connectivity index (χ2v) is 6.27. The van der Waals surface area contributed by atoms with E-state index in [0.717, 1.165) is 0 Å². The van der Waals surface area contributed by atoms with E-state index in [0.29, 0.717) is 23.7 Å². The van der Waals surface area contributed by atoms with Crippen molar-refractivity contribution in [3.63, 3.8) is 0 Å². The number of non-ortho nitro benzene ring substituents is 1. The summed E-state index contributed by atoms with van der Waals surface area (Å²) in [6.07, 6.45) is 1.56. The molecule has 1 aliphatic rings. The summed E-state index contributed by atoms with van der Waals surface area (Å²) in [6, 6.07) is 9.57. The van der Waals surface area contributed by atoms with Gasteiger partial charge in [0, 0.05) is 18.3 Å². The normalized spacial score (nSPS) is 15.3. The van der Waals surface area contributed by atoms with Gasteiger partial charge < -0.3 is 9.64 Å². The Morgan fingerprint density at radius 1 is 1.38 bits per heavy atom. The fraction of sp³-hybridized carbons (Fsp3) is 0.294.